The maximum absolute atomic E-state index is 6.29. The van der Waals surface area contributed by atoms with Gasteiger partial charge in [0.1, 0.15) is 6.17 Å². The molecule has 2 nitrogen and oxygen atoms in total. The largest absolute Gasteiger partial charge is 0.366 e. The summed E-state index contributed by atoms with van der Waals surface area (Å²) in [5.41, 5.74) is 10.8. The highest BCUT2D eigenvalue weighted by Crippen LogP contribution is 2.23. The fourth-order valence-corrected chi connectivity index (χ4v) is 2.78. The molecule has 0 radical (unpaired) electrons. The topological polar surface area (TPSA) is 38.0 Å². The van der Waals surface area contributed by atoms with E-state index in [0.29, 0.717) is 5.02 Å². The molecule has 3 N–H and O–H groups in total. The molecular weight excluding hydrogens is 304 g/mol. The van der Waals surface area contributed by atoms with Gasteiger partial charge < -0.3 is 11.1 Å². The number of nitrogens with two attached hydrogens (primary N) is 1. The van der Waals surface area contributed by atoms with E-state index in [-0.39, 0.29) is 6.17 Å². The van der Waals surface area contributed by atoms with Gasteiger partial charge in [-0.05, 0) is 41.3 Å². The molecule has 3 heteroatoms. The highest BCUT2D eigenvalue weighted by atomic mass is 35.5. The minimum atomic E-state index is -0.300. The number of para-hydroxylation sites is 1. The maximum atomic E-state index is 6.29. The number of anilines is 1. The fourth-order valence-electron chi connectivity index (χ4n) is 2.58. The first kappa shape index (κ1) is 15.6. The van der Waals surface area contributed by atoms with Crippen LogP contribution in [-0.2, 0) is 6.42 Å². The number of hydrogen-bond acceptors (Lipinski definition) is 2. The van der Waals surface area contributed by atoms with Crippen LogP contribution in [0.1, 0.15) is 22.9 Å². The van der Waals surface area contributed by atoms with E-state index in [9.17, 15) is 0 Å². The fraction of sp³-hybridized carbons (Fsp3) is 0.100. The van der Waals surface area contributed by atoms with Gasteiger partial charge in [-0.1, -0.05) is 72.3 Å². The molecule has 1 atom stereocenters. The van der Waals surface area contributed by atoms with Crippen LogP contribution in [0, 0.1) is 0 Å². The van der Waals surface area contributed by atoms with Gasteiger partial charge in [-0.15, -0.1) is 0 Å². The first-order valence-electron chi connectivity index (χ1n) is 7.62. The number of halogens is 1. The molecule has 0 bridgehead atoms. The van der Waals surface area contributed by atoms with Gasteiger partial charge in [-0.2, -0.15) is 0 Å². The Bertz CT molecular complexity index is 771. The van der Waals surface area contributed by atoms with E-state index >= 15 is 0 Å². The molecular formula is C20H19ClN2. The van der Waals surface area contributed by atoms with Crippen LogP contribution >= 0.6 is 11.6 Å². The van der Waals surface area contributed by atoms with Gasteiger partial charge in [0.05, 0.1) is 0 Å². The Kier molecular flexibility index (Phi) is 4.96. The molecule has 23 heavy (non-hydrogen) atoms. The Morgan fingerprint density at radius 3 is 2.39 bits per heavy atom. The molecule has 0 aliphatic rings. The van der Waals surface area contributed by atoms with Crippen molar-refractivity contribution in [3.63, 3.8) is 0 Å². The molecule has 0 spiro atoms. The lowest BCUT2D eigenvalue weighted by molar-refractivity contribution is 0.833. The minimum absolute atomic E-state index is 0.300. The Morgan fingerprint density at radius 1 is 0.870 bits per heavy atom. The molecule has 0 heterocycles. The first-order valence-corrected chi connectivity index (χ1v) is 7.99. The van der Waals surface area contributed by atoms with Gasteiger partial charge in [-0.25, -0.2) is 0 Å². The predicted octanol–water partition coefficient (Wildman–Crippen LogP) is 5.00. The van der Waals surface area contributed by atoms with E-state index in [2.05, 4.69) is 41.7 Å². The normalized spacial score (nSPS) is 11.9. The van der Waals surface area contributed by atoms with Gasteiger partial charge in [0, 0.05) is 10.7 Å². The van der Waals surface area contributed by atoms with E-state index in [1.54, 1.807) is 0 Å². The maximum Gasteiger partial charge on any atom is 0.101 e. The van der Waals surface area contributed by atoms with Crippen LogP contribution in [0.15, 0.2) is 78.9 Å². The quantitative estimate of drug-likeness (QED) is 0.649. The van der Waals surface area contributed by atoms with E-state index in [0.717, 1.165) is 17.7 Å². The van der Waals surface area contributed by atoms with Crippen molar-refractivity contribution in [1.82, 2.24) is 0 Å². The second-order valence-corrected chi connectivity index (χ2v) is 5.93. The van der Waals surface area contributed by atoms with Crippen molar-refractivity contribution in [2.75, 3.05) is 5.32 Å². The molecule has 1 unspecified atom stereocenters. The minimum Gasteiger partial charge on any atom is -0.366 e. The molecule has 116 valence electrons. The molecule has 0 aromatic heterocycles. The van der Waals surface area contributed by atoms with Crippen LogP contribution in [0.25, 0.3) is 0 Å². The SMILES string of the molecule is NC(Nc1ccccc1Cc1ccccc1)c1cccc(Cl)c1. The highest BCUT2D eigenvalue weighted by molar-refractivity contribution is 6.30. The van der Waals surface area contributed by atoms with Gasteiger partial charge in [0.2, 0.25) is 0 Å². The highest BCUT2D eigenvalue weighted by Gasteiger charge is 2.09. The van der Waals surface area contributed by atoms with Crippen LogP contribution < -0.4 is 11.1 Å². The summed E-state index contributed by atoms with van der Waals surface area (Å²) in [6.07, 6.45) is 0.567. The van der Waals surface area contributed by atoms with Gasteiger partial charge in [0.15, 0.2) is 0 Å². The smallest absolute Gasteiger partial charge is 0.101 e. The van der Waals surface area contributed by atoms with Gasteiger partial charge >= 0.3 is 0 Å². The third-order valence-corrected chi connectivity index (χ3v) is 4.01. The third-order valence-electron chi connectivity index (χ3n) is 3.77. The summed E-state index contributed by atoms with van der Waals surface area (Å²) >= 11 is 6.05. The average Bonchev–Trinajstić information content (AvgIpc) is 2.57. The van der Waals surface area contributed by atoms with Crippen molar-refractivity contribution in [2.45, 2.75) is 12.6 Å². The summed E-state index contributed by atoms with van der Waals surface area (Å²) in [4.78, 5) is 0. The zero-order valence-electron chi connectivity index (χ0n) is 12.7. The molecule has 3 aromatic carbocycles. The lowest BCUT2D eigenvalue weighted by atomic mass is 10.0. The van der Waals surface area contributed by atoms with Crippen molar-refractivity contribution in [1.29, 1.82) is 0 Å². The molecule has 0 saturated heterocycles. The van der Waals surface area contributed by atoms with Crippen molar-refractivity contribution < 1.29 is 0 Å². The Labute approximate surface area is 141 Å². The second kappa shape index (κ2) is 7.32. The van der Waals surface area contributed by atoms with E-state index in [1.807, 2.05) is 42.5 Å². The van der Waals surface area contributed by atoms with E-state index in [1.165, 1.54) is 11.1 Å². The molecule has 0 saturated carbocycles. The van der Waals surface area contributed by atoms with E-state index < -0.39 is 0 Å². The predicted molar refractivity (Wildman–Crippen MR) is 97.7 cm³/mol. The van der Waals surface area contributed by atoms with Crippen LogP contribution in [0.2, 0.25) is 5.02 Å². The Hall–Kier alpha value is -2.29. The van der Waals surface area contributed by atoms with Gasteiger partial charge in [0.25, 0.3) is 0 Å². The summed E-state index contributed by atoms with van der Waals surface area (Å²) < 4.78 is 0. The van der Waals surface area contributed by atoms with E-state index in [4.69, 9.17) is 17.3 Å². The van der Waals surface area contributed by atoms with Crippen LogP contribution in [-0.4, -0.2) is 0 Å². The summed E-state index contributed by atoms with van der Waals surface area (Å²) in [5, 5.41) is 4.09. The summed E-state index contributed by atoms with van der Waals surface area (Å²) in [5.74, 6) is 0. The summed E-state index contributed by atoms with van der Waals surface area (Å²) in [6, 6.07) is 26.3. The third kappa shape index (κ3) is 4.13. The summed E-state index contributed by atoms with van der Waals surface area (Å²) in [6.45, 7) is 0. The average molecular weight is 323 g/mol. The first-order chi connectivity index (χ1) is 11.2. The van der Waals surface area contributed by atoms with Crippen LogP contribution in [0.5, 0.6) is 0 Å². The monoisotopic (exact) mass is 322 g/mol. The number of rotatable bonds is 5. The molecule has 3 rings (SSSR count). The molecule has 3 aromatic rings. The zero-order chi connectivity index (χ0) is 16.1. The molecule has 0 aliphatic heterocycles. The van der Waals surface area contributed by atoms with Crippen molar-refractivity contribution in [3.05, 3.63) is 101 Å². The van der Waals surface area contributed by atoms with Crippen molar-refractivity contribution >= 4 is 17.3 Å². The standard InChI is InChI=1S/C20H19ClN2/c21-18-11-6-10-17(14-18)20(22)23-19-12-5-4-9-16(19)13-15-7-2-1-3-8-15/h1-12,14,20,23H,13,22H2. The Morgan fingerprint density at radius 2 is 1.61 bits per heavy atom. The lowest BCUT2D eigenvalue weighted by Gasteiger charge is -2.19. The number of hydrogen-bond donors (Lipinski definition) is 2. The van der Waals surface area contributed by atoms with Crippen molar-refractivity contribution in [3.8, 4) is 0 Å². The number of nitrogens with one attached hydrogen (secondary N) is 1. The molecule has 0 aliphatic carbocycles. The van der Waals surface area contributed by atoms with Crippen molar-refractivity contribution in [2.24, 2.45) is 5.73 Å². The number of benzene rings is 3. The Balaban J connectivity index is 1.80. The second-order valence-electron chi connectivity index (χ2n) is 5.50. The van der Waals surface area contributed by atoms with Gasteiger partial charge in [-0.3, -0.25) is 0 Å². The molecule has 0 fully saturated rings. The van der Waals surface area contributed by atoms with Crippen LogP contribution in [0.4, 0.5) is 5.69 Å². The zero-order valence-corrected chi connectivity index (χ0v) is 13.5. The summed E-state index contributed by atoms with van der Waals surface area (Å²) in [7, 11) is 0. The van der Waals surface area contributed by atoms with Crippen LogP contribution in [0.3, 0.4) is 0 Å². The lowest BCUT2D eigenvalue weighted by Crippen LogP contribution is -2.20. The molecule has 0 amide bonds.